The molecule has 0 spiro atoms. The van der Waals surface area contributed by atoms with Crippen LogP contribution in [0.2, 0.25) is 0 Å². The molecule has 1 aliphatic heterocycles. The van der Waals surface area contributed by atoms with Crippen LogP contribution in [-0.4, -0.2) is 37.8 Å². The van der Waals surface area contributed by atoms with Crippen molar-refractivity contribution in [3.05, 3.63) is 65.2 Å². The van der Waals surface area contributed by atoms with Gasteiger partial charge in [-0.3, -0.25) is 0 Å². The summed E-state index contributed by atoms with van der Waals surface area (Å²) in [6.45, 7) is 1.78. The highest BCUT2D eigenvalue weighted by Gasteiger charge is 2.18. The summed E-state index contributed by atoms with van der Waals surface area (Å²) < 4.78 is 0. The summed E-state index contributed by atoms with van der Waals surface area (Å²) in [7, 11) is 2.07. The van der Waals surface area contributed by atoms with E-state index in [9.17, 15) is 9.90 Å². The zero-order valence-corrected chi connectivity index (χ0v) is 14.5. The first kappa shape index (κ1) is 17.3. The number of urea groups is 1. The van der Waals surface area contributed by atoms with E-state index in [2.05, 4.69) is 22.6 Å². The molecule has 2 amide bonds. The molecule has 0 fully saturated rings. The quantitative estimate of drug-likeness (QED) is 0.756. The van der Waals surface area contributed by atoms with Crippen molar-refractivity contribution in [3.63, 3.8) is 0 Å². The Morgan fingerprint density at radius 3 is 2.80 bits per heavy atom. The van der Waals surface area contributed by atoms with Gasteiger partial charge in [0.25, 0.3) is 0 Å². The summed E-state index contributed by atoms with van der Waals surface area (Å²) in [5.74, 6) is 0. The fourth-order valence-corrected chi connectivity index (χ4v) is 3.13. The molecule has 0 radical (unpaired) electrons. The second-order valence-corrected chi connectivity index (χ2v) is 6.45. The molecule has 5 heteroatoms. The number of anilines is 1. The monoisotopic (exact) mass is 339 g/mol. The van der Waals surface area contributed by atoms with Crippen molar-refractivity contribution >= 4 is 11.7 Å². The standard InChI is InChI=1S/C20H25N3O2/c1-23-12-10-16-13-17(7-8-18(16)23)19(24)14-22-20(25)21-11-9-15-5-3-2-4-6-15/h2-8,13,19,24H,9-12,14H2,1H3,(H2,21,22,25). The number of amides is 2. The number of rotatable bonds is 6. The van der Waals surface area contributed by atoms with Crippen molar-refractivity contribution < 1.29 is 9.90 Å². The van der Waals surface area contributed by atoms with E-state index in [0.29, 0.717) is 6.54 Å². The van der Waals surface area contributed by atoms with Gasteiger partial charge in [-0.2, -0.15) is 0 Å². The lowest BCUT2D eigenvalue weighted by atomic mass is 10.0. The molecular weight excluding hydrogens is 314 g/mol. The minimum atomic E-state index is -0.698. The number of carbonyl (C=O) groups excluding carboxylic acids is 1. The molecule has 5 nitrogen and oxygen atoms in total. The number of fused-ring (bicyclic) bond motifs is 1. The van der Waals surface area contributed by atoms with Gasteiger partial charge in [-0.15, -0.1) is 0 Å². The van der Waals surface area contributed by atoms with Gasteiger partial charge in [-0.25, -0.2) is 4.79 Å². The van der Waals surface area contributed by atoms with Crippen LogP contribution in [-0.2, 0) is 12.8 Å². The van der Waals surface area contributed by atoms with Crippen LogP contribution in [0, 0.1) is 0 Å². The molecule has 3 rings (SSSR count). The van der Waals surface area contributed by atoms with Crippen LogP contribution < -0.4 is 15.5 Å². The van der Waals surface area contributed by atoms with Gasteiger partial charge in [0.1, 0.15) is 0 Å². The minimum Gasteiger partial charge on any atom is -0.387 e. The average molecular weight is 339 g/mol. The van der Waals surface area contributed by atoms with Crippen molar-refractivity contribution in [2.45, 2.75) is 18.9 Å². The second-order valence-electron chi connectivity index (χ2n) is 6.45. The number of nitrogens with one attached hydrogen (secondary N) is 2. The fraction of sp³-hybridized carbons (Fsp3) is 0.350. The molecule has 0 aromatic heterocycles. The summed E-state index contributed by atoms with van der Waals surface area (Å²) >= 11 is 0. The first-order valence-electron chi connectivity index (χ1n) is 8.71. The van der Waals surface area contributed by atoms with Gasteiger partial charge in [0.15, 0.2) is 0 Å². The molecule has 2 aromatic rings. The van der Waals surface area contributed by atoms with E-state index < -0.39 is 6.10 Å². The first-order valence-corrected chi connectivity index (χ1v) is 8.71. The van der Waals surface area contributed by atoms with E-state index in [1.54, 1.807) is 0 Å². The second kappa shape index (κ2) is 8.03. The van der Waals surface area contributed by atoms with Crippen molar-refractivity contribution in [1.82, 2.24) is 10.6 Å². The Balaban J connectivity index is 1.42. The lowest BCUT2D eigenvalue weighted by Gasteiger charge is -2.16. The van der Waals surface area contributed by atoms with Crippen molar-refractivity contribution in [1.29, 1.82) is 0 Å². The van der Waals surface area contributed by atoms with Crippen molar-refractivity contribution in [3.8, 4) is 0 Å². The molecule has 2 aromatic carbocycles. The maximum absolute atomic E-state index is 11.9. The molecule has 3 N–H and O–H groups in total. The van der Waals surface area contributed by atoms with Gasteiger partial charge < -0.3 is 20.6 Å². The van der Waals surface area contributed by atoms with Gasteiger partial charge in [-0.05, 0) is 35.6 Å². The van der Waals surface area contributed by atoms with Crippen LogP contribution in [0.15, 0.2) is 48.5 Å². The normalized spacial score (nSPS) is 14.1. The number of benzene rings is 2. The minimum absolute atomic E-state index is 0.200. The van der Waals surface area contributed by atoms with Gasteiger partial charge in [0.05, 0.1) is 6.10 Å². The molecule has 25 heavy (non-hydrogen) atoms. The largest absolute Gasteiger partial charge is 0.387 e. The van der Waals surface area contributed by atoms with E-state index in [1.807, 2.05) is 48.5 Å². The van der Waals surface area contributed by atoms with Gasteiger partial charge >= 0.3 is 6.03 Å². The molecular formula is C20H25N3O2. The third-order valence-electron chi connectivity index (χ3n) is 4.61. The number of hydrogen-bond acceptors (Lipinski definition) is 3. The van der Waals surface area contributed by atoms with Crippen LogP contribution in [0.5, 0.6) is 0 Å². The predicted octanol–water partition coefficient (Wildman–Crippen LogP) is 2.25. The Morgan fingerprint density at radius 2 is 2.00 bits per heavy atom. The van der Waals surface area contributed by atoms with E-state index in [1.165, 1.54) is 16.8 Å². The Bertz CT molecular complexity index is 718. The Kier molecular flexibility index (Phi) is 5.56. The Labute approximate surface area is 148 Å². The van der Waals surface area contributed by atoms with Crippen LogP contribution in [0.4, 0.5) is 10.5 Å². The zero-order chi connectivity index (χ0) is 17.6. The maximum Gasteiger partial charge on any atom is 0.314 e. The molecule has 1 aliphatic rings. The molecule has 0 saturated carbocycles. The van der Waals surface area contributed by atoms with Crippen molar-refractivity contribution in [2.75, 3.05) is 31.6 Å². The topological polar surface area (TPSA) is 64.6 Å². The summed E-state index contributed by atoms with van der Waals surface area (Å²) in [5, 5.41) is 15.9. The molecule has 0 aliphatic carbocycles. The lowest BCUT2D eigenvalue weighted by molar-refractivity contribution is 0.173. The molecule has 1 unspecified atom stereocenters. The third-order valence-corrected chi connectivity index (χ3v) is 4.61. The van der Waals surface area contributed by atoms with Gasteiger partial charge in [-0.1, -0.05) is 42.5 Å². The molecule has 1 atom stereocenters. The van der Waals surface area contributed by atoms with Gasteiger partial charge in [0, 0.05) is 32.4 Å². The molecule has 0 saturated heterocycles. The SMILES string of the molecule is CN1CCc2cc(C(O)CNC(=O)NCCc3ccccc3)ccc21. The van der Waals surface area contributed by atoms with Crippen molar-refractivity contribution in [2.24, 2.45) is 0 Å². The summed E-state index contributed by atoms with van der Waals surface area (Å²) in [5.41, 5.74) is 4.51. The third kappa shape index (κ3) is 4.51. The molecule has 1 heterocycles. The van der Waals surface area contributed by atoms with E-state index in [4.69, 9.17) is 0 Å². The van der Waals surface area contributed by atoms with Gasteiger partial charge in [0.2, 0.25) is 0 Å². The number of carbonyl (C=O) groups is 1. The highest BCUT2D eigenvalue weighted by molar-refractivity contribution is 5.73. The number of aliphatic hydroxyl groups excluding tert-OH is 1. The van der Waals surface area contributed by atoms with Crippen LogP contribution in [0.3, 0.4) is 0 Å². The lowest BCUT2D eigenvalue weighted by Crippen LogP contribution is -2.38. The zero-order valence-electron chi connectivity index (χ0n) is 14.5. The van der Waals surface area contributed by atoms with Crippen LogP contribution in [0.1, 0.15) is 22.8 Å². The van der Waals surface area contributed by atoms with Crippen LogP contribution >= 0.6 is 0 Å². The molecule has 132 valence electrons. The maximum atomic E-state index is 11.9. The Hall–Kier alpha value is -2.53. The summed E-state index contributed by atoms with van der Waals surface area (Å²) in [6, 6.07) is 15.8. The smallest absolute Gasteiger partial charge is 0.314 e. The Morgan fingerprint density at radius 1 is 1.20 bits per heavy atom. The fourth-order valence-electron chi connectivity index (χ4n) is 3.13. The number of nitrogens with zero attached hydrogens (tertiary/aromatic N) is 1. The van der Waals surface area contributed by atoms with E-state index in [-0.39, 0.29) is 12.6 Å². The number of hydrogen-bond donors (Lipinski definition) is 3. The van der Waals surface area contributed by atoms with E-state index >= 15 is 0 Å². The number of likely N-dealkylation sites (N-methyl/N-ethyl adjacent to an activating group) is 1. The summed E-state index contributed by atoms with van der Waals surface area (Å²) in [4.78, 5) is 14.1. The molecule has 0 bridgehead atoms. The van der Waals surface area contributed by atoms with E-state index in [0.717, 1.165) is 24.9 Å². The predicted molar refractivity (Wildman–Crippen MR) is 99.9 cm³/mol. The van der Waals surface area contributed by atoms with Crippen LogP contribution in [0.25, 0.3) is 0 Å². The summed E-state index contributed by atoms with van der Waals surface area (Å²) in [6.07, 6.45) is 1.09. The highest BCUT2D eigenvalue weighted by atomic mass is 16.3. The first-order chi connectivity index (χ1) is 12.1. The highest BCUT2D eigenvalue weighted by Crippen LogP contribution is 2.29. The average Bonchev–Trinajstić information content (AvgIpc) is 3.01. The number of aliphatic hydroxyl groups is 1.